The molecule has 1 fully saturated rings. The Labute approximate surface area is 215 Å². The van der Waals surface area contributed by atoms with Gasteiger partial charge in [-0.15, -0.1) is 0 Å². The summed E-state index contributed by atoms with van der Waals surface area (Å²) in [5.74, 6) is 0. The van der Waals surface area contributed by atoms with Crippen molar-refractivity contribution in [3.05, 3.63) is 102 Å². The van der Waals surface area contributed by atoms with Crippen molar-refractivity contribution < 1.29 is 9.53 Å². The summed E-state index contributed by atoms with van der Waals surface area (Å²) in [5.41, 5.74) is 10.9. The van der Waals surface area contributed by atoms with Gasteiger partial charge in [-0.25, -0.2) is 4.79 Å². The molecule has 0 bridgehead atoms. The molecule has 4 rings (SSSR count). The van der Waals surface area contributed by atoms with E-state index < -0.39 is 5.60 Å². The van der Waals surface area contributed by atoms with Gasteiger partial charge in [0.2, 0.25) is 0 Å². The maximum atomic E-state index is 12.6. The first-order valence-electron chi connectivity index (χ1n) is 12.7. The number of anilines is 2. The number of nitrogen functional groups attached to an aromatic ring is 1. The smallest absolute Gasteiger partial charge is 0.410 e. The highest BCUT2D eigenvalue weighted by molar-refractivity contribution is 5.69. The van der Waals surface area contributed by atoms with Crippen molar-refractivity contribution in [1.82, 2.24) is 4.90 Å². The molecule has 5 nitrogen and oxygen atoms in total. The largest absolute Gasteiger partial charge is 0.444 e. The van der Waals surface area contributed by atoms with Crippen molar-refractivity contribution in [2.24, 2.45) is 0 Å². The Bertz CT molecular complexity index is 1150. The molecule has 0 unspecified atom stereocenters. The number of carbonyl (C=O) groups excluding carboxylic acids is 1. The first kappa shape index (κ1) is 25.4. The van der Waals surface area contributed by atoms with Gasteiger partial charge in [0.1, 0.15) is 5.60 Å². The zero-order valence-corrected chi connectivity index (χ0v) is 21.6. The third kappa shape index (κ3) is 7.14. The summed E-state index contributed by atoms with van der Waals surface area (Å²) in [6.45, 7) is 8.06. The van der Waals surface area contributed by atoms with Gasteiger partial charge in [-0.1, -0.05) is 66.7 Å². The Balaban J connectivity index is 1.42. The molecule has 1 aliphatic rings. The van der Waals surface area contributed by atoms with Gasteiger partial charge in [0, 0.05) is 31.0 Å². The van der Waals surface area contributed by atoms with Crippen LogP contribution in [-0.4, -0.2) is 29.2 Å². The van der Waals surface area contributed by atoms with Crippen molar-refractivity contribution >= 4 is 23.5 Å². The predicted octanol–water partition coefficient (Wildman–Crippen LogP) is 6.89. The summed E-state index contributed by atoms with van der Waals surface area (Å²) >= 11 is 0. The summed E-state index contributed by atoms with van der Waals surface area (Å²) in [5, 5.41) is 0. The molecule has 3 aromatic carbocycles. The van der Waals surface area contributed by atoms with Gasteiger partial charge < -0.3 is 20.3 Å². The maximum absolute atomic E-state index is 12.6. The average Bonchev–Trinajstić information content (AvgIpc) is 3.33. The fourth-order valence-electron chi connectivity index (χ4n) is 4.44. The third-order valence-electron chi connectivity index (χ3n) is 6.27. The number of rotatable bonds is 7. The fourth-order valence-corrected chi connectivity index (χ4v) is 4.44. The van der Waals surface area contributed by atoms with Crippen LogP contribution in [0.25, 0.3) is 6.08 Å². The van der Waals surface area contributed by atoms with Crippen LogP contribution in [0.4, 0.5) is 16.2 Å². The van der Waals surface area contributed by atoms with E-state index in [0.717, 1.165) is 43.7 Å². The van der Waals surface area contributed by atoms with Crippen molar-refractivity contribution in [3.8, 4) is 0 Å². The molecule has 5 heteroatoms. The summed E-state index contributed by atoms with van der Waals surface area (Å²) in [6, 6.07) is 27.3. The van der Waals surface area contributed by atoms with Gasteiger partial charge in [-0.2, -0.15) is 0 Å². The Kier molecular flexibility index (Phi) is 7.99. The number of hydrogen-bond acceptors (Lipinski definition) is 4. The minimum Gasteiger partial charge on any atom is -0.444 e. The van der Waals surface area contributed by atoms with E-state index in [-0.39, 0.29) is 12.1 Å². The lowest BCUT2D eigenvalue weighted by atomic mass is 10.1. The molecular weight excluding hydrogens is 446 g/mol. The fraction of sp³-hybridized carbons (Fsp3) is 0.323. The van der Waals surface area contributed by atoms with E-state index in [9.17, 15) is 4.79 Å². The van der Waals surface area contributed by atoms with E-state index in [1.807, 2.05) is 43.9 Å². The molecule has 0 aliphatic carbocycles. The number of benzene rings is 3. The standard InChI is InChI=1S/C31H37N3O2/c1-31(2,3)36-30(35)34-21-7-10-29(34)20-17-24-11-13-25(14-12-24)22-33(28-8-5-4-6-9-28)23-26-15-18-27(32)19-16-26/h4-6,8-9,11-20,29H,7,10,21-23,32H2,1-3H3/t29-/m0/s1. The summed E-state index contributed by atoms with van der Waals surface area (Å²) in [4.78, 5) is 16.8. The van der Waals surface area contributed by atoms with Crippen LogP contribution in [-0.2, 0) is 17.8 Å². The predicted molar refractivity (Wildman–Crippen MR) is 149 cm³/mol. The van der Waals surface area contributed by atoms with Crippen molar-refractivity contribution in [2.75, 3.05) is 17.2 Å². The van der Waals surface area contributed by atoms with Gasteiger partial charge in [0.05, 0.1) is 6.04 Å². The van der Waals surface area contributed by atoms with Crippen molar-refractivity contribution in [1.29, 1.82) is 0 Å². The molecule has 0 radical (unpaired) electrons. The van der Waals surface area contributed by atoms with Gasteiger partial charge in [0.25, 0.3) is 0 Å². The third-order valence-corrected chi connectivity index (χ3v) is 6.27. The van der Waals surface area contributed by atoms with Crippen LogP contribution >= 0.6 is 0 Å². The maximum Gasteiger partial charge on any atom is 0.410 e. The zero-order valence-electron chi connectivity index (χ0n) is 21.6. The zero-order chi connectivity index (χ0) is 25.5. The molecule has 188 valence electrons. The van der Waals surface area contributed by atoms with E-state index in [2.05, 4.69) is 77.7 Å². The molecule has 1 saturated heterocycles. The van der Waals surface area contributed by atoms with Gasteiger partial charge in [0.15, 0.2) is 0 Å². The van der Waals surface area contributed by atoms with Crippen molar-refractivity contribution in [3.63, 3.8) is 0 Å². The highest BCUT2D eigenvalue weighted by atomic mass is 16.6. The topological polar surface area (TPSA) is 58.8 Å². The van der Waals surface area contributed by atoms with Gasteiger partial charge in [-0.05, 0) is 74.6 Å². The Morgan fingerprint density at radius 1 is 0.972 bits per heavy atom. The van der Waals surface area contributed by atoms with E-state index in [4.69, 9.17) is 10.5 Å². The second-order valence-electron chi connectivity index (χ2n) is 10.4. The van der Waals surface area contributed by atoms with Gasteiger partial charge >= 0.3 is 6.09 Å². The normalized spacial score (nSPS) is 15.9. The van der Waals surface area contributed by atoms with Crippen LogP contribution in [0.3, 0.4) is 0 Å². The number of amides is 1. The van der Waals surface area contributed by atoms with Gasteiger partial charge in [-0.3, -0.25) is 0 Å². The van der Waals surface area contributed by atoms with Crippen molar-refractivity contribution in [2.45, 2.75) is 58.3 Å². The lowest BCUT2D eigenvalue weighted by molar-refractivity contribution is 0.0256. The van der Waals surface area contributed by atoms with Crippen LogP contribution in [0.15, 0.2) is 84.9 Å². The van der Waals surface area contributed by atoms with Crippen LogP contribution in [0.2, 0.25) is 0 Å². The number of hydrogen-bond donors (Lipinski definition) is 1. The Morgan fingerprint density at radius 2 is 1.58 bits per heavy atom. The highest BCUT2D eigenvalue weighted by Gasteiger charge is 2.30. The average molecular weight is 484 g/mol. The number of carbonyl (C=O) groups is 1. The molecule has 1 atom stereocenters. The second kappa shape index (κ2) is 11.3. The second-order valence-corrected chi connectivity index (χ2v) is 10.4. The number of nitrogens with zero attached hydrogens (tertiary/aromatic N) is 2. The molecule has 0 spiro atoms. The number of likely N-dealkylation sites (tertiary alicyclic amines) is 1. The SMILES string of the molecule is CC(C)(C)OC(=O)N1CCC[C@H]1C=Cc1ccc(CN(Cc2ccc(N)cc2)c2ccccc2)cc1. The van der Waals surface area contributed by atoms with Crippen LogP contribution in [0.5, 0.6) is 0 Å². The monoisotopic (exact) mass is 483 g/mol. The number of ether oxygens (including phenoxy) is 1. The summed E-state index contributed by atoms with van der Waals surface area (Å²) in [6.07, 6.45) is 5.97. The molecule has 0 saturated carbocycles. The number of para-hydroxylation sites is 1. The van der Waals surface area contributed by atoms with Crippen LogP contribution < -0.4 is 10.6 Å². The van der Waals surface area contributed by atoms with Crippen LogP contribution in [0, 0.1) is 0 Å². The molecule has 1 heterocycles. The minimum absolute atomic E-state index is 0.0769. The first-order valence-corrected chi connectivity index (χ1v) is 12.7. The molecule has 2 N–H and O–H groups in total. The van der Waals surface area contributed by atoms with E-state index >= 15 is 0 Å². The lowest BCUT2D eigenvalue weighted by Gasteiger charge is -2.27. The summed E-state index contributed by atoms with van der Waals surface area (Å²) < 4.78 is 5.58. The van der Waals surface area contributed by atoms with E-state index in [1.165, 1.54) is 16.8 Å². The Hall–Kier alpha value is -3.73. The lowest BCUT2D eigenvalue weighted by Crippen LogP contribution is -2.39. The molecular formula is C31H37N3O2. The summed E-state index contributed by atoms with van der Waals surface area (Å²) in [7, 11) is 0. The Morgan fingerprint density at radius 3 is 2.19 bits per heavy atom. The quantitative estimate of drug-likeness (QED) is 0.372. The molecule has 1 amide bonds. The number of nitrogens with two attached hydrogens (primary N) is 1. The molecule has 1 aliphatic heterocycles. The van der Waals surface area contributed by atoms with E-state index in [0.29, 0.717) is 0 Å². The minimum atomic E-state index is -0.481. The van der Waals surface area contributed by atoms with Crippen LogP contribution in [0.1, 0.15) is 50.3 Å². The molecule has 3 aromatic rings. The molecule has 36 heavy (non-hydrogen) atoms. The van der Waals surface area contributed by atoms with E-state index in [1.54, 1.807) is 0 Å². The molecule has 0 aromatic heterocycles. The first-order chi connectivity index (χ1) is 17.3. The highest BCUT2D eigenvalue weighted by Crippen LogP contribution is 2.24.